The van der Waals surface area contributed by atoms with E-state index in [4.69, 9.17) is 5.73 Å². The Kier molecular flexibility index (Phi) is 4.13. The van der Waals surface area contributed by atoms with E-state index in [0.29, 0.717) is 12.5 Å². The third-order valence-electron chi connectivity index (χ3n) is 4.97. The molecule has 1 aliphatic heterocycles. The van der Waals surface area contributed by atoms with Gasteiger partial charge in [-0.05, 0) is 30.6 Å². The van der Waals surface area contributed by atoms with E-state index >= 15 is 0 Å². The van der Waals surface area contributed by atoms with Gasteiger partial charge in [-0.15, -0.1) is 0 Å². The maximum atomic E-state index is 12.4. The first-order valence-corrected chi connectivity index (χ1v) is 7.26. The molecule has 0 bridgehead atoms. The first-order valence-electron chi connectivity index (χ1n) is 7.26. The largest absolute Gasteiger partial charge is 0.480 e. The van der Waals surface area contributed by atoms with Crippen LogP contribution in [0.1, 0.15) is 39.5 Å². The van der Waals surface area contributed by atoms with Crippen molar-refractivity contribution < 1.29 is 14.7 Å². The van der Waals surface area contributed by atoms with Crippen LogP contribution >= 0.6 is 0 Å². The Morgan fingerprint density at radius 1 is 1.42 bits per heavy atom. The van der Waals surface area contributed by atoms with E-state index in [2.05, 4.69) is 0 Å². The Labute approximate surface area is 114 Å². The fourth-order valence-electron chi connectivity index (χ4n) is 3.54. The highest BCUT2D eigenvalue weighted by molar-refractivity contribution is 5.88. The maximum absolute atomic E-state index is 12.4. The summed E-state index contributed by atoms with van der Waals surface area (Å²) in [6, 6.07) is -1.24. The molecule has 1 heterocycles. The van der Waals surface area contributed by atoms with Crippen molar-refractivity contribution in [3.8, 4) is 0 Å². The molecule has 0 spiro atoms. The molecular weight excluding hydrogens is 244 g/mol. The number of hydrogen-bond acceptors (Lipinski definition) is 3. The van der Waals surface area contributed by atoms with Crippen molar-refractivity contribution in [3.63, 3.8) is 0 Å². The maximum Gasteiger partial charge on any atom is 0.326 e. The summed E-state index contributed by atoms with van der Waals surface area (Å²) < 4.78 is 0. The predicted molar refractivity (Wildman–Crippen MR) is 71.4 cm³/mol. The van der Waals surface area contributed by atoms with Crippen LogP contribution in [0.5, 0.6) is 0 Å². The molecular formula is C14H24N2O3. The summed E-state index contributed by atoms with van der Waals surface area (Å²) in [5, 5.41) is 9.42. The van der Waals surface area contributed by atoms with Crippen LogP contribution < -0.4 is 5.73 Å². The van der Waals surface area contributed by atoms with Gasteiger partial charge in [-0.3, -0.25) is 4.79 Å². The van der Waals surface area contributed by atoms with Crippen molar-refractivity contribution in [3.05, 3.63) is 0 Å². The monoisotopic (exact) mass is 268 g/mol. The number of amides is 1. The normalized spacial score (nSPS) is 33.0. The summed E-state index contributed by atoms with van der Waals surface area (Å²) in [7, 11) is 0. The van der Waals surface area contributed by atoms with Gasteiger partial charge in [0.25, 0.3) is 0 Å². The van der Waals surface area contributed by atoms with E-state index in [1.54, 1.807) is 0 Å². The molecule has 0 aromatic carbocycles. The zero-order valence-electron chi connectivity index (χ0n) is 11.7. The van der Waals surface area contributed by atoms with Crippen LogP contribution in [0.3, 0.4) is 0 Å². The number of fused-ring (bicyclic) bond motifs is 1. The van der Waals surface area contributed by atoms with Crippen LogP contribution in [0.25, 0.3) is 0 Å². The first kappa shape index (κ1) is 14.3. The number of carboxylic acid groups (broad SMARTS) is 1. The number of likely N-dealkylation sites (tertiary alicyclic amines) is 1. The SMILES string of the molecule is CC[C@H](C)[C@H](N)C(=O)N1C[C@@H]2CCC[C@@H]2[C@H]1C(=O)O. The molecule has 1 saturated carbocycles. The lowest BCUT2D eigenvalue weighted by Gasteiger charge is -2.29. The second kappa shape index (κ2) is 5.49. The van der Waals surface area contributed by atoms with E-state index in [0.717, 1.165) is 25.7 Å². The molecule has 3 N–H and O–H groups in total. The van der Waals surface area contributed by atoms with Gasteiger partial charge in [-0.2, -0.15) is 0 Å². The Morgan fingerprint density at radius 2 is 2.11 bits per heavy atom. The number of aliphatic carboxylic acids is 1. The molecule has 0 radical (unpaired) electrons. The second-order valence-corrected chi connectivity index (χ2v) is 6.04. The van der Waals surface area contributed by atoms with E-state index in [9.17, 15) is 14.7 Å². The van der Waals surface area contributed by atoms with Crippen molar-refractivity contribution in [1.29, 1.82) is 0 Å². The molecule has 0 aromatic heterocycles. The van der Waals surface area contributed by atoms with Crippen molar-refractivity contribution in [2.24, 2.45) is 23.5 Å². The second-order valence-electron chi connectivity index (χ2n) is 6.04. The fourth-order valence-corrected chi connectivity index (χ4v) is 3.54. The van der Waals surface area contributed by atoms with Crippen molar-refractivity contribution in [2.45, 2.75) is 51.6 Å². The average Bonchev–Trinajstić information content (AvgIpc) is 2.94. The van der Waals surface area contributed by atoms with E-state index in [-0.39, 0.29) is 17.7 Å². The average molecular weight is 268 g/mol. The zero-order chi connectivity index (χ0) is 14.2. The molecule has 1 amide bonds. The van der Waals surface area contributed by atoms with Gasteiger partial charge in [-0.1, -0.05) is 26.7 Å². The predicted octanol–water partition coefficient (Wildman–Crippen LogP) is 1.07. The number of nitrogens with two attached hydrogens (primary N) is 1. The third kappa shape index (κ3) is 2.48. The Hall–Kier alpha value is -1.10. The van der Waals surface area contributed by atoms with Crippen LogP contribution in [0.4, 0.5) is 0 Å². The molecule has 0 aromatic rings. The summed E-state index contributed by atoms with van der Waals surface area (Å²) in [6.07, 6.45) is 3.87. The van der Waals surface area contributed by atoms with Crippen LogP contribution in [0.15, 0.2) is 0 Å². The summed E-state index contributed by atoms with van der Waals surface area (Å²) in [5.41, 5.74) is 5.98. The third-order valence-corrected chi connectivity index (χ3v) is 4.97. The number of nitrogens with zero attached hydrogens (tertiary/aromatic N) is 1. The van der Waals surface area contributed by atoms with Crippen molar-refractivity contribution in [1.82, 2.24) is 4.90 Å². The smallest absolute Gasteiger partial charge is 0.326 e. The lowest BCUT2D eigenvalue weighted by atomic mass is 9.94. The topological polar surface area (TPSA) is 83.6 Å². The summed E-state index contributed by atoms with van der Waals surface area (Å²) in [4.78, 5) is 25.5. The van der Waals surface area contributed by atoms with Crippen molar-refractivity contribution in [2.75, 3.05) is 6.54 Å². The summed E-state index contributed by atoms with van der Waals surface area (Å²) in [6.45, 7) is 4.51. The molecule has 2 fully saturated rings. The minimum Gasteiger partial charge on any atom is -0.480 e. The highest BCUT2D eigenvalue weighted by Gasteiger charge is 2.50. The van der Waals surface area contributed by atoms with Crippen LogP contribution in [-0.2, 0) is 9.59 Å². The molecule has 0 unspecified atom stereocenters. The van der Waals surface area contributed by atoms with Crippen LogP contribution in [0.2, 0.25) is 0 Å². The number of hydrogen-bond donors (Lipinski definition) is 2. The first-order chi connectivity index (χ1) is 8.97. The minimum atomic E-state index is -0.876. The lowest BCUT2D eigenvalue weighted by Crippen LogP contribution is -2.52. The number of carboxylic acids is 1. The molecule has 108 valence electrons. The van der Waals surface area contributed by atoms with Crippen LogP contribution in [-0.4, -0.2) is 40.5 Å². The van der Waals surface area contributed by atoms with Gasteiger partial charge in [-0.25, -0.2) is 4.79 Å². The van der Waals surface area contributed by atoms with E-state index in [1.165, 1.54) is 4.90 Å². The van der Waals surface area contributed by atoms with Gasteiger partial charge >= 0.3 is 5.97 Å². The van der Waals surface area contributed by atoms with Gasteiger partial charge in [0.2, 0.25) is 5.91 Å². The molecule has 5 nitrogen and oxygen atoms in total. The summed E-state index contributed by atoms with van der Waals surface area (Å²) >= 11 is 0. The number of carbonyl (C=O) groups excluding carboxylic acids is 1. The zero-order valence-corrected chi connectivity index (χ0v) is 11.7. The van der Waals surface area contributed by atoms with Gasteiger partial charge in [0.05, 0.1) is 6.04 Å². The Morgan fingerprint density at radius 3 is 2.68 bits per heavy atom. The molecule has 5 atom stereocenters. The van der Waals surface area contributed by atoms with Gasteiger partial charge in [0.1, 0.15) is 6.04 Å². The Balaban J connectivity index is 2.14. The highest BCUT2D eigenvalue weighted by atomic mass is 16.4. The lowest BCUT2D eigenvalue weighted by molar-refractivity contribution is -0.150. The summed E-state index contributed by atoms with van der Waals surface area (Å²) in [5.74, 6) is -0.489. The molecule has 5 heteroatoms. The van der Waals surface area contributed by atoms with Gasteiger partial charge in [0.15, 0.2) is 0 Å². The van der Waals surface area contributed by atoms with E-state index in [1.807, 2.05) is 13.8 Å². The minimum absolute atomic E-state index is 0.0855. The van der Waals surface area contributed by atoms with E-state index < -0.39 is 18.1 Å². The number of carbonyl (C=O) groups is 2. The standard InChI is InChI=1S/C14H24N2O3/c1-3-8(2)11(15)13(17)16-7-9-5-4-6-10(9)12(16)14(18)19/h8-12H,3-7,15H2,1-2H3,(H,18,19)/t8-,9-,10-,11-,12-/m0/s1. The van der Waals surface area contributed by atoms with Crippen LogP contribution in [0, 0.1) is 17.8 Å². The molecule has 1 saturated heterocycles. The quantitative estimate of drug-likeness (QED) is 0.799. The number of rotatable bonds is 4. The molecule has 1 aliphatic carbocycles. The van der Waals surface area contributed by atoms with Gasteiger partial charge < -0.3 is 15.7 Å². The molecule has 2 rings (SSSR count). The fraction of sp³-hybridized carbons (Fsp3) is 0.857. The highest BCUT2D eigenvalue weighted by Crippen LogP contribution is 2.42. The molecule has 2 aliphatic rings. The molecule has 19 heavy (non-hydrogen) atoms. The Bertz CT molecular complexity index is 372. The van der Waals surface area contributed by atoms with Crippen molar-refractivity contribution >= 4 is 11.9 Å². The van der Waals surface area contributed by atoms with Gasteiger partial charge in [0, 0.05) is 6.54 Å².